The molecule has 0 fully saturated rings. The zero-order valence-electron chi connectivity index (χ0n) is 9.25. The van der Waals surface area contributed by atoms with Crippen molar-refractivity contribution in [1.82, 2.24) is 5.32 Å². The van der Waals surface area contributed by atoms with Crippen LogP contribution in [0.25, 0.3) is 0 Å². The summed E-state index contributed by atoms with van der Waals surface area (Å²) in [6.07, 6.45) is 1.72. The summed E-state index contributed by atoms with van der Waals surface area (Å²) in [5.74, 6) is -1.13. The first-order valence-corrected chi connectivity index (χ1v) is 5.06. The van der Waals surface area contributed by atoms with Gasteiger partial charge in [-0.05, 0) is 13.3 Å². The summed E-state index contributed by atoms with van der Waals surface area (Å²) >= 11 is 0. The minimum Gasteiger partial charge on any atom is -0.395 e. The number of hydrogen-bond donors (Lipinski definition) is 3. The topological polar surface area (TPSA) is 86.6 Å². The van der Waals surface area contributed by atoms with Gasteiger partial charge in [0.15, 0.2) is 5.41 Å². The van der Waals surface area contributed by atoms with Gasteiger partial charge in [-0.15, -0.1) is 0 Å². The van der Waals surface area contributed by atoms with Crippen molar-refractivity contribution in [3.63, 3.8) is 0 Å². The van der Waals surface area contributed by atoms with Crippen LogP contribution in [0.2, 0.25) is 0 Å². The minimum absolute atomic E-state index is 0.449. The number of carbonyl (C=O) groups is 2. The van der Waals surface area contributed by atoms with Gasteiger partial charge >= 0.3 is 0 Å². The molecule has 0 unspecified atom stereocenters. The normalized spacial score (nSPS) is 11.2. The fourth-order valence-electron chi connectivity index (χ4n) is 1.12. The van der Waals surface area contributed by atoms with E-state index < -0.39 is 30.3 Å². The molecule has 0 aromatic heterocycles. The van der Waals surface area contributed by atoms with Gasteiger partial charge in [0.2, 0.25) is 5.91 Å². The average Bonchev–Trinajstić information content (AvgIpc) is 2.20. The van der Waals surface area contributed by atoms with Crippen LogP contribution < -0.4 is 5.32 Å². The van der Waals surface area contributed by atoms with Crippen LogP contribution in [-0.2, 0) is 9.59 Å². The lowest BCUT2D eigenvalue weighted by molar-refractivity contribution is -0.147. The molecular formula is C10H19NO4. The molecule has 3 N–H and O–H groups in total. The fourth-order valence-corrected chi connectivity index (χ4v) is 1.12. The molecule has 1 amide bonds. The van der Waals surface area contributed by atoms with Gasteiger partial charge in [-0.2, -0.15) is 0 Å². The van der Waals surface area contributed by atoms with E-state index in [1.54, 1.807) is 0 Å². The van der Waals surface area contributed by atoms with Crippen LogP contribution in [-0.4, -0.2) is 41.7 Å². The maximum absolute atomic E-state index is 11.6. The van der Waals surface area contributed by atoms with Crippen molar-refractivity contribution in [3.05, 3.63) is 0 Å². The highest BCUT2D eigenvalue weighted by Gasteiger charge is 2.42. The van der Waals surface area contributed by atoms with Crippen LogP contribution in [0.3, 0.4) is 0 Å². The summed E-state index contributed by atoms with van der Waals surface area (Å²) in [6.45, 7) is 2.27. The predicted molar refractivity (Wildman–Crippen MR) is 55.2 cm³/mol. The number of ketones is 1. The van der Waals surface area contributed by atoms with Crippen LogP contribution in [0.4, 0.5) is 0 Å². The molecule has 0 heterocycles. The number of nitrogens with one attached hydrogen (secondary N) is 1. The van der Waals surface area contributed by atoms with Crippen molar-refractivity contribution < 1.29 is 19.8 Å². The van der Waals surface area contributed by atoms with Gasteiger partial charge < -0.3 is 15.5 Å². The van der Waals surface area contributed by atoms with Crippen molar-refractivity contribution in [2.75, 3.05) is 19.8 Å². The smallest absolute Gasteiger partial charge is 0.238 e. The summed E-state index contributed by atoms with van der Waals surface area (Å²) in [5.41, 5.74) is -1.69. The van der Waals surface area contributed by atoms with E-state index >= 15 is 0 Å². The van der Waals surface area contributed by atoms with E-state index in [2.05, 4.69) is 5.32 Å². The molecule has 0 rings (SSSR count). The van der Waals surface area contributed by atoms with Gasteiger partial charge in [0.1, 0.15) is 5.78 Å². The molecular weight excluding hydrogens is 198 g/mol. The highest BCUT2D eigenvalue weighted by atomic mass is 16.3. The van der Waals surface area contributed by atoms with Crippen LogP contribution >= 0.6 is 0 Å². The lowest BCUT2D eigenvalue weighted by Gasteiger charge is -2.25. The Balaban J connectivity index is 4.49. The molecule has 0 aliphatic rings. The zero-order chi connectivity index (χ0) is 11.9. The Bertz CT molecular complexity index is 223. The fraction of sp³-hybridized carbons (Fsp3) is 0.800. The van der Waals surface area contributed by atoms with Gasteiger partial charge in [0.05, 0.1) is 13.2 Å². The van der Waals surface area contributed by atoms with E-state index in [4.69, 9.17) is 10.2 Å². The predicted octanol–water partition coefficient (Wildman–Crippen LogP) is -0.537. The van der Waals surface area contributed by atoms with Crippen molar-refractivity contribution in [2.45, 2.75) is 26.7 Å². The number of Topliss-reactive ketones (excluding diaryl/α,β-unsaturated/α-hetero) is 1. The zero-order valence-corrected chi connectivity index (χ0v) is 9.25. The van der Waals surface area contributed by atoms with E-state index in [0.717, 1.165) is 12.8 Å². The third kappa shape index (κ3) is 3.28. The molecule has 0 bridgehead atoms. The molecule has 0 aliphatic heterocycles. The van der Waals surface area contributed by atoms with E-state index in [1.165, 1.54) is 6.92 Å². The molecule has 0 aromatic rings. The molecule has 5 nitrogen and oxygen atoms in total. The monoisotopic (exact) mass is 217 g/mol. The first kappa shape index (κ1) is 14.1. The first-order valence-electron chi connectivity index (χ1n) is 5.06. The number of aliphatic hydroxyl groups excluding tert-OH is 2. The number of carbonyl (C=O) groups excluding carboxylic acids is 2. The van der Waals surface area contributed by atoms with Crippen LogP contribution in [0, 0.1) is 5.41 Å². The summed E-state index contributed by atoms with van der Waals surface area (Å²) in [7, 11) is 0. The van der Waals surface area contributed by atoms with Crippen LogP contribution in [0.15, 0.2) is 0 Å². The largest absolute Gasteiger partial charge is 0.395 e. The van der Waals surface area contributed by atoms with Gasteiger partial charge in [0, 0.05) is 6.54 Å². The third-order valence-electron chi connectivity index (χ3n) is 2.46. The number of unbranched alkanes of at least 4 members (excludes halogenated alkanes) is 1. The van der Waals surface area contributed by atoms with Gasteiger partial charge in [-0.3, -0.25) is 9.59 Å². The second-order valence-corrected chi connectivity index (χ2v) is 3.56. The Morgan fingerprint density at radius 3 is 2.13 bits per heavy atom. The van der Waals surface area contributed by atoms with E-state index in [-0.39, 0.29) is 0 Å². The molecule has 0 aliphatic carbocycles. The van der Waals surface area contributed by atoms with Crippen LogP contribution in [0.1, 0.15) is 26.7 Å². The molecule has 0 aromatic carbocycles. The molecule has 0 saturated carbocycles. The first-order chi connectivity index (χ1) is 7.05. The third-order valence-corrected chi connectivity index (χ3v) is 2.46. The Hall–Kier alpha value is -0.940. The van der Waals surface area contributed by atoms with E-state index in [1.807, 2.05) is 6.92 Å². The number of rotatable bonds is 7. The lowest BCUT2D eigenvalue weighted by Crippen LogP contribution is -2.51. The molecule has 0 saturated heterocycles. The Morgan fingerprint density at radius 2 is 1.80 bits per heavy atom. The molecule has 0 spiro atoms. The second kappa shape index (κ2) is 6.53. The van der Waals surface area contributed by atoms with Crippen LogP contribution in [0.5, 0.6) is 0 Å². The highest BCUT2D eigenvalue weighted by molar-refractivity contribution is 6.05. The molecule has 0 atom stereocenters. The van der Waals surface area contributed by atoms with Crippen molar-refractivity contribution in [3.8, 4) is 0 Å². The summed E-state index contributed by atoms with van der Waals surface area (Å²) < 4.78 is 0. The second-order valence-electron chi connectivity index (χ2n) is 3.56. The summed E-state index contributed by atoms with van der Waals surface area (Å²) in [5, 5.41) is 20.6. The van der Waals surface area contributed by atoms with Crippen molar-refractivity contribution >= 4 is 11.7 Å². The maximum Gasteiger partial charge on any atom is 0.238 e. The average molecular weight is 217 g/mol. The standard InChI is InChI=1S/C10H19NO4/c1-3-4-5-11-9(15)10(6-12,7-13)8(2)14/h12-13H,3-7H2,1-2H3,(H,11,15). The molecule has 5 heteroatoms. The molecule has 0 radical (unpaired) electrons. The van der Waals surface area contributed by atoms with Gasteiger partial charge in [-0.1, -0.05) is 13.3 Å². The number of hydrogen-bond acceptors (Lipinski definition) is 4. The highest BCUT2D eigenvalue weighted by Crippen LogP contribution is 2.17. The van der Waals surface area contributed by atoms with Crippen molar-refractivity contribution in [2.24, 2.45) is 5.41 Å². The van der Waals surface area contributed by atoms with E-state index in [9.17, 15) is 9.59 Å². The maximum atomic E-state index is 11.6. The van der Waals surface area contributed by atoms with Gasteiger partial charge in [0.25, 0.3) is 0 Å². The number of aliphatic hydroxyl groups is 2. The Kier molecular flexibility index (Phi) is 6.12. The van der Waals surface area contributed by atoms with Crippen molar-refractivity contribution in [1.29, 1.82) is 0 Å². The molecule has 15 heavy (non-hydrogen) atoms. The minimum atomic E-state index is -1.69. The van der Waals surface area contributed by atoms with E-state index in [0.29, 0.717) is 6.54 Å². The Morgan fingerprint density at radius 1 is 1.27 bits per heavy atom. The quantitative estimate of drug-likeness (QED) is 0.395. The SMILES string of the molecule is CCCCNC(=O)C(CO)(CO)C(C)=O. The lowest BCUT2D eigenvalue weighted by atomic mass is 9.84. The summed E-state index contributed by atoms with van der Waals surface area (Å²) in [6, 6.07) is 0. The number of amides is 1. The van der Waals surface area contributed by atoms with Gasteiger partial charge in [-0.25, -0.2) is 0 Å². The molecule has 88 valence electrons. The summed E-state index contributed by atoms with van der Waals surface area (Å²) in [4.78, 5) is 22.8. The Labute approximate surface area is 89.5 Å².